The Balaban J connectivity index is 1.73. The van der Waals surface area contributed by atoms with E-state index in [2.05, 4.69) is 5.32 Å². The molecule has 0 saturated heterocycles. The van der Waals surface area contributed by atoms with Crippen molar-refractivity contribution in [2.75, 3.05) is 11.9 Å². The van der Waals surface area contributed by atoms with Crippen molar-refractivity contribution >= 4 is 11.7 Å². The van der Waals surface area contributed by atoms with Gasteiger partial charge < -0.3 is 19.9 Å². The van der Waals surface area contributed by atoms with Gasteiger partial charge in [0, 0.05) is 5.69 Å². The van der Waals surface area contributed by atoms with Gasteiger partial charge in [-0.05, 0) is 67.5 Å². The molecule has 7 heteroatoms. The van der Waals surface area contributed by atoms with E-state index in [4.69, 9.17) is 9.47 Å². The maximum absolute atomic E-state index is 14.0. The first-order valence-electron chi connectivity index (χ1n) is 10.2. The SMILES string of the molecule is CCOc1cccc(-c2ccc(NC3(C(=O)O)CC3)cc2COC2CC2)c1C(F)F. The first-order valence-corrected chi connectivity index (χ1v) is 10.2. The van der Waals surface area contributed by atoms with E-state index in [9.17, 15) is 18.7 Å². The minimum Gasteiger partial charge on any atom is -0.493 e. The lowest BCUT2D eigenvalue weighted by molar-refractivity contribution is -0.138. The average Bonchev–Trinajstić information content (AvgIpc) is 3.62. The van der Waals surface area contributed by atoms with Gasteiger partial charge in [-0.25, -0.2) is 13.6 Å². The van der Waals surface area contributed by atoms with Gasteiger partial charge in [0.15, 0.2) is 0 Å². The summed E-state index contributed by atoms with van der Waals surface area (Å²) in [7, 11) is 0. The van der Waals surface area contributed by atoms with Crippen molar-refractivity contribution in [2.24, 2.45) is 0 Å². The Bertz CT molecular complexity index is 939. The van der Waals surface area contributed by atoms with Crippen LogP contribution in [0.4, 0.5) is 14.5 Å². The van der Waals surface area contributed by atoms with Gasteiger partial charge >= 0.3 is 5.97 Å². The van der Waals surface area contributed by atoms with Crippen LogP contribution in [0.1, 0.15) is 50.2 Å². The van der Waals surface area contributed by atoms with Crippen LogP contribution in [0.2, 0.25) is 0 Å². The smallest absolute Gasteiger partial charge is 0.329 e. The first-order chi connectivity index (χ1) is 14.4. The Morgan fingerprint density at radius 3 is 2.60 bits per heavy atom. The second-order valence-electron chi connectivity index (χ2n) is 7.85. The Labute approximate surface area is 174 Å². The van der Waals surface area contributed by atoms with Crippen LogP contribution >= 0.6 is 0 Å². The molecule has 2 aromatic carbocycles. The van der Waals surface area contributed by atoms with Gasteiger partial charge in [-0.2, -0.15) is 0 Å². The number of nitrogens with one attached hydrogen (secondary N) is 1. The molecule has 2 saturated carbocycles. The summed E-state index contributed by atoms with van der Waals surface area (Å²) in [6.45, 7) is 2.32. The van der Waals surface area contributed by atoms with Gasteiger partial charge in [-0.15, -0.1) is 0 Å². The molecule has 160 valence electrons. The van der Waals surface area contributed by atoms with Crippen LogP contribution in [0.5, 0.6) is 5.75 Å². The fourth-order valence-electron chi connectivity index (χ4n) is 3.57. The van der Waals surface area contributed by atoms with Crippen molar-refractivity contribution < 1.29 is 28.2 Å². The number of carboxylic acid groups (broad SMARTS) is 1. The van der Waals surface area contributed by atoms with Gasteiger partial charge in [-0.3, -0.25) is 0 Å². The molecule has 0 heterocycles. The van der Waals surface area contributed by atoms with Crippen LogP contribution in [0.3, 0.4) is 0 Å². The van der Waals surface area contributed by atoms with E-state index in [1.165, 1.54) is 0 Å². The Hall–Kier alpha value is -2.67. The third kappa shape index (κ3) is 4.26. The zero-order chi connectivity index (χ0) is 21.3. The molecule has 30 heavy (non-hydrogen) atoms. The Morgan fingerprint density at radius 2 is 2.00 bits per heavy atom. The zero-order valence-electron chi connectivity index (χ0n) is 16.8. The van der Waals surface area contributed by atoms with E-state index in [0.717, 1.165) is 18.4 Å². The highest BCUT2D eigenvalue weighted by Gasteiger charge is 2.50. The minimum absolute atomic E-state index is 0.142. The van der Waals surface area contributed by atoms with Gasteiger partial charge in [0.1, 0.15) is 11.3 Å². The maximum atomic E-state index is 14.0. The summed E-state index contributed by atoms with van der Waals surface area (Å²) in [5.74, 6) is -0.712. The highest BCUT2D eigenvalue weighted by molar-refractivity contribution is 5.87. The number of carboxylic acids is 1. The second-order valence-corrected chi connectivity index (χ2v) is 7.85. The highest BCUT2D eigenvalue weighted by atomic mass is 19.3. The molecule has 4 rings (SSSR count). The van der Waals surface area contributed by atoms with Crippen LogP contribution in [0, 0.1) is 0 Å². The number of alkyl halides is 2. The topological polar surface area (TPSA) is 67.8 Å². The van der Waals surface area contributed by atoms with Crippen LogP contribution < -0.4 is 10.1 Å². The fraction of sp³-hybridized carbons (Fsp3) is 0.435. The first kappa shape index (κ1) is 20.6. The number of hydrogen-bond donors (Lipinski definition) is 2. The predicted octanol–water partition coefficient (Wildman–Crippen LogP) is 5.40. The summed E-state index contributed by atoms with van der Waals surface area (Å²) in [4.78, 5) is 11.5. The van der Waals surface area contributed by atoms with Gasteiger partial charge in [0.05, 0.1) is 24.9 Å². The fourth-order valence-corrected chi connectivity index (χ4v) is 3.57. The summed E-state index contributed by atoms with van der Waals surface area (Å²) >= 11 is 0. The number of anilines is 1. The monoisotopic (exact) mass is 417 g/mol. The van der Waals surface area contributed by atoms with Gasteiger partial charge in [-0.1, -0.05) is 18.2 Å². The average molecular weight is 417 g/mol. The molecule has 5 nitrogen and oxygen atoms in total. The quantitative estimate of drug-likeness (QED) is 0.542. The molecule has 0 aromatic heterocycles. The summed E-state index contributed by atoms with van der Waals surface area (Å²) in [6.07, 6.45) is 0.621. The van der Waals surface area contributed by atoms with E-state index < -0.39 is 17.9 Å². The van der Waals surface area contributed by atoms with Crippen molar-refractivity contribution in [3.63, 3.8) is 0 Å². The lowest BCUT2D eigenvalue weighted by Gasteiger charge is -2.20. The molecule has 0 aliphatic heterocycles. The normalized spacial score (nSPS) is 17.1. The lowest BCUT2D eigenvalue weighted by atomic mass is 9.94. The summed E-state index contributed by atoms with van der Waals surface area (Å²) < 4.78 is 39.2. The number of halogens is 2. The minimum atomic E-state index is -2.69. The Kier molecular flexibility index (Phi) is 5.64. The maximum Gasteiger partial charge on any atom is 0.329 e. The van der Waals surface area contributed by atoms with Crippen LogP contribution in [-0.2, 0) is 16.1 Å². The third-order valence-corrected chi connectivity index (χ3v) is 5.52. The van der Waals surface area contributed by atoms with Crippen molar-refractivity contribution in [1.82, 2.24) is 0 Å². The lowest BCUT2D eigenvalue weighted by Crippen LogP contribution is -2.31. The summed E-state index contributed by atoms with van der Waals surface area (Å²) in [5, 5.41) is 12.5. The standard InChI is InChI=1S/C23H25F2NO4/c1-2-29-19-5-3-4-18(20(19)21(24)25)17-9-6-15(26-23(10-11-23)22(27)28)12-14(17)13-30-16-7-8-16/h3-6,9,12,16,21,26H,2,7-8,10-11,13H2,1H3,(H,27,28). The molecule has 2 N–H and O–H groups in total. The molecule has 2 aliphatic carbocycles. The van der Waals surface area contributed by atoms with Crippen LogP contribution in [0.25, 0.3) is 11.1 Å². The molecule has 0 bridgehead atoms. The molecule has 0 radical (unpaired) electrons. The Morgan fingerprint density at radius 1 is 1.23 bits per heavy atom. The summed E-state index contributed by atoms with van der Waals surface area (Å²) in [5.41, 5.74) is 1.35. The van der Waals surface area contributed by atoms with E-state index >= 15 is 0 Å². The van der Waals surface area contributed by atoms with Gasteiger partial charge in [0.2, 0.25) is 0 Å². The number of benzene rings is 2. The van der Waals surface area contributed by atoms with Crippen LogP contribution in [-0.4, -0.2) is 29.3 Å². The van der Waals surface area contributed by atoms with Gasteiger partial charge in [0.25, 0.3) is 6.43 Å². The van der Waals surface area contributed by atoms with E-state index in [1.807, 2.05) is 6.07 Å². The molecule has 2 fully saturated rings. The third-order valence-electron chi connectivity index (χ3n) is 5.52. The summed E-state index contributed by atoms with van der Waals surface area (Å²) in [6, 6.07) is 10.2. The number of carbonyl (C=O) groups is 1. The second kappa shape index (κ2) is 8.22. The molecule has 2 aliphatic rings. The van der Waals surface area contributed by atoms with Crippen LogP contribution in [0.15, 0.2) is 36.4 Å². The number of hydrogen-bond acceptors (Lipinski definition) is 4. The van der Waals surface area contributed by atoms with E-state index in [-0.39, 0.29) is 24.0 Å². The number of ether oxygens (including phenoxy) is 2. The molecule has 0 spiro atoms. The zero-order valence-corrected chi connectivity index (χ0v) is 16.8. The van der Waals surface area contributed by atoms with E-state index in [0.29, 0.717) is 36.3 Å². The van der Waals surface area contributed by atoms with Crippen molar-refractivity contribution in [2.45, 2.75) is 57.3 Å². The van der Waals surface area contributed by atoms with E-state index in [1.54, 1.807) is 37.3 Å². The molecular formula is C23H25F2NO4. The molecular weight excluding hydrogens is 392 g/mol. The largest absolute Gasteiger partial charge is 0.493 e. The molecule has 0 amide bonds. The highest BCUT2D eigenvalue weighted by Crippen LogP contribution is 2.42. The number of aliphatic carboxylic acids is 1. The molecule has 2 aromatic rings. The molecule has 0 atom stereocenters. The predicted molar refractivity (Wildman–Crippen MR) is 109 cm³/mol. The van der Waals surface area contributed by atoms with Crippen molar-refractivity contribution in [3.8, 4) is 16.9 Å². The van der Waals surface area contributed by atoms with Crippen molar-refractivity contribution in [3.05, 3.63) is 47.5 Å². The van der Waals surface area contributed by atoms with Crippen molar-refractivity contribution in [1.29, 1.82) is 0 Å². The number of rotatable bonds is 10. The molecule has 0 unspecified atom stereocenters.